The van der Waals surface area contributed by atoms with Crippen molar-refractivity contribution >= 4 is 23.3 Å². The molecule has 36 heavy (non-hydrogen) atoms. The zero-order chi connectivity index (χ0) is 25.2. The van der Waals surface area contributed by atoms with E-state index in [2.05, 4.69) is 20.3 Å². The molecule has 2 atom stereocenters. The lowest BCUT2D eigenvalue weighted by Gasteiger charge is -2.30. The van der Waals surface area contributed by atoms with Gasteiger partial charge in [-0.15, -0.1) is 5.10 Å². The number of aromatic hydroxyl groups is 1. The average molecular weight is 485 g/mol. The van der Waals surface area contributed by atoms with Gasteiger partial charge in [-0.2, -0.15) is 4.98 Å². The van der Waals surface area contributed by atoms with Gasteiger partial charge >= 0.3 is 0 Å². The van der Waals surface area contributed by atoms with Crippen molar-refractivity contribution in [3.63, 3.8) is 0 Å². The van der Waals surface area contributed by atoms with Crippen LogP contribution in [0.25, 0.3) is 11.4 Å². The first-order valence-electron chi connectivity index (χ1n) is 11.2. The molecule has 1 aliphatic rings. The van der Waals surface area contributed by atoms with Crippen LogP contribution in [0.2, 0.25) is 0 Å². The summed E-state index contributed by atoms with van der Waals surface area (Å²) in [5.41, 5.74) is 2.66. The third-order valence-electron chi connectivity index (χ3n) is 6.01. The highest BCUT2D eigenvalue weighted by Gasteiger charge is 2.39. The molecule has 0 fully saturated rings. The SMILES string of the molecule is COc1ccc(-c2nc3n(n2)C(c2ccc(O)cc2)C(C(=O)Nc2cccnc2)C(C)=N3)cc1OC. The van der Waals surface area contributed by atoms with Gasteiger partial charge in [0.25, 0.3) is 0 Å². The van der Waals surface area contributed by atoms with Crippen LogP contribution >= 0.6 is 0 Å². The number of benzene rings is 2. The number of aliphatic imine (C=N–C) groups is 1. The van der Waals surface area contributed by atoms with E-state index in [1.807, 2.05) is 6.07 Å². The molecule has 1 aliphatic heterocycles. The number of nitrogens with zero attached hydrogens (tertiary/aromatic N) is 5. The van der Waals surface area contributed by atoms with Gasteiger partial charge in [-0.3, -0.25) is 9.78 Å². The van der Waals surface area contributed by atoms with Crippen molar-refractivity contribution in [2.75, 3.05) is 19.5 Å². The van der Waals surface area contributed by atoms with Gasteiger partial charge in [0, 0.05) is 17.5 Å². The maximum Gasteiger partial charge on any atom is 0.248 e. The molecule has 0 saturated heterocycles. The molecule has 0 spiro atoms. The Labute approximate surface area is 207 Å². The summed E-state index contributed by atoms with van der Waals surface area (Å²) in [7, 11) is 3.13. The van der Waals surface area contributed by atoms with Gasteiger partial charge < -0.3 is 19.9 Å². The van der Waals surface area contributed by atoms with Crippen LogP contribution in [-0.4, -0.2) is 50.7 Å². The van der Waals surface area contributed by atoms with Crippen LogP contribution in [0.1, 0.15) is 18.5 Å². The van der Waals surface area contributed by atoms with Gasteiger partial charge in [0.15, 0.2) is 17.3 Å². The van der Waals surface area contributed by atoms with E-state index in [1.54, 1.807) is 86.7 Å². The van der Waals surface area contributed by atoms with Crippen molar-refractivity contribution in [2.45, 2.75) is 13.0 Å². The van der Waals surface area contributed by atoms with Crippen molar-refractivity contribution in [1.29, 1.82) is 0 Å². The number of carbonyl (C=O) groups is 1. The number of methoxy groups -OCH3 is 2. The number of ether oxygens (including phenoxy) is 2. The highest BCUT2D eigenvalue weighted by molar-refractivity contribution is 6.10. The predicted octanol–water partition coefficient (Wildman–Crippen LogP) is 4.01. The smallest absolute Gasteiger partial charge is 0.248 e. The second-order valence-corrected chi connectivity index (χ2v) is 8.25. The third kappa shape index (κ3) is 4.24. The highest BCUT2D eigenvalue weighted by Crippen LogP contribution is 2.39. The molecule has 2 unspecified atom stereocenters. The minimum Gasteiger partial charge on any atom is -0.508 e. The quantitative estimate of drug-likeness (QED) is 0.424. The number of phenols is 1. The monoisotopic (exact) mass is 484 g/mol. The zero-order valence-corrected chi connectivity index (χ0v) is 19.9. The Hall–Kier alpha value is -4.73. The van der Waals surface area contributed by atoms with E-state index in [0.29, 0.717) is 40.2 Å². The number of pyridine rings is 1. The largest absolute Gasteiger partial charge is 0.508 e. The first-order valence-corrected chi connectivity index (χ1v) is 11.2. The van der Waals surface area contributed by atoms with Gasteiger partial charge in [-0.1, -0.05) is 12.1 Å². The van der Waals surface area contributed by atoms with Gasteiger partial charge in [0.1, 0.15) is 11.7 Å². The molecule has 0 saturated carbocycles. The zero-order valence-electron chi connectivity index (χ0n) is 19.9. The normalized spacial score (nSPS) is 16.6. The number of carbonyl (C=O) groups excluding carboxylic acids is 1. The molecule has 5 rings (SSSR count). The van der Waals surface area contributed by atoms with Gasteiger partial charge in [-0.25, -0.2) is 9.67 Å². The van der Waals surface area contributed by atoms with Crippen LogP contribution in [0.3, 0.4) is 0 Å². The minimum atomic E-state index is -0.679. The summed E-state index contributed by atoms with van der Waals surface area (Å²) in [4.78, 5) is 26.9. The minimum absolute atomic E-state index is 0.126. The first-order chi connectivity index (χ1) is 17.5. The molecule has 1 amide bonds. The molecule has 0 aliphatic carbocycles. The Morgan fingerprint density at radius 2 is 1.83 bits per heavy atom. The lowest BCUT2D eigenvalue weighted by Crippen LogP contribution is -2.39. The number of hydrogen-bond acceptors (Lipinski definition) is 8. The Bertz CT molecular complexity index is 1430. The van der Waals surface area contributed by atoms with Crippen molar-refractivity contribution in [3.05, 3.63) is 72.6 Å². The third-order valence-corrected chi connectivity index (χ3v) is 6.01. The molecule has 182 valence electrons. The Morgan fingerprint density at radius 1 is 1.06 bits per heavy atom. The van der Waals surface area contributed by atoms with Crippen molar-refractivity contribution in [3.8, 4) is 28.6 Å². The standard InChI is InChI=1S/C26H24N6O4/c1-15-22(25(34)29-18-5-4-12-27-14-18)23(16-6-9-19(33)10-7-16)32-26(28-15)30-24(31-32)17-8-11-20(35-2)21(13-17)36-3/h4-14,22-23,33H,1-3H3,(H,29,34). The number of amides is 1. The molecule has 10 heteroatoms. The number of phenolic OH excluding ortho intramolecular Hbond substituents is 1. The van der Waals surface area contributed by atoms with Crippen molar-refractivity contribution in [1.82, 2.24) is 19.7 Å². The fourth-order valence-electron chi connectivity index (χ4n) is 4.27. The van der Waals surface area contributed by atoms with Crippen molar-refractivity contribution < 1.29 is 19.4 Å². The maximum atomic E-state index is 13.5. The summed E-state index contributed by atoms with van der Waals surface area (Å²) in [6.45, 7) is 1.80. The molecule has 2 N–H and O–H groups in total. The van der Waals surface area contributed by atoms with Crippen LogP contribution in [-0.2, 0) is 4.79 Å². The Morgan fingerprint density at radius 3 is 2.53 bits per heavy atom. The van der Waals surface area contributed by atoms with E-state index in [9.17, 15) is 9.90 Å². The number of anilines is 1. The molecular formula is C26H24N6O4. The maximum absolute atomic E-state index is 13.5. The average Bonchev–Trinajstić information content (AvgIpc) is 3.32. The van der Waals surface area contributed by atoms with Crippen LogP contribution in [0.4, 0.5) is 11.6 Å². The Kier molecular flexibility index (Phi) is 6.07. The molecule has 0 bridgehead atoms. The van der Waals surface area contributed by atoms with E-state index in [0.717, 1.165) is 5.56 Å². The lowest BCUT2D eigenvalue weighted by molar-refractivity contribution is -0.118. The fraction of sp³-hybridized carbons (Fsp3) is 0.192. The molecule has 4 aromatic rings. The number of nitrogens with one attached hydrogen (secondary N) is 1. The summed E-state index contributed by atoms with van der Waals surface area (Å²) < 4.78 is 12.4. The summed E-state index contributed by atoms with van der Waals surface area (Å²) in [5.74, 6) is 1.14. The first kappa shape index (κ1) is 23.0. The molecule has 10 nitrogen and oxygen atoms in total. The summed E-state index contributed by atoms with van der Waals surface area (Å²) in [6, 6.07) is 15.1. The number of rotatable bonds is 6. The van der Waals surface area contributed by atoms with Gasteiger partial charge in [0.05, 0.1) is 32.1 Å². The summed E-state index contributed by atoms with van der Waals surface area (Å²) in [5, 5.41) is 17.5. The fourth-order valence-corrected chi connectivity index (χ4v) is 4.27. The predicted molar refractivity (Wildman–Crippen MR) is 134 cm³/mol. The van der Waals surface area contributed by atoms with Crippen LogP contribution in [0.5, 0.6) is 17.2 Å². The second kappa shape index (κ2) is 9.49. The summed E-state index contributed by atoms with van der Waals surface area (Å²) in [6.07, 6.45) is 3.22. The highest BCUT2D eigenvalue weighted by atomic mass is 16.5. The second-order valence-electron chi connectivity index (χ2n) is 8.25. The lowest BCUT2D eigenvalue weighted by atomic mass is 9.87. The van der Waals surface area contributed by atoms with Gasteiger partial charge in [-0.05, 0) is 55.0 Å². The van der Waals surface area contributed by atoms with E-state index < -0.39 is 12.0 Å². The molecule has 0 radical (unpaired) electrons. The molecule has 2 aromatic heterocycles. The summed E-state index contributed by atoms with van der Waals surface area (Å²) >= 11 is 0. The van der Waals surface area contributed by atoms with E-state index in [4.69, 9.17) is 14.6 Å². The molecule has 2 aromatic carbocycles. The van der Waals surface area contributed by atoms with Gasteiger partial charge in [0.2, 0.25) is 11.9 Å². The van der Waals surface area contributed by atoms with E-state index in [-0.39, 0.29) is 11.7 Å². The van der Waals surface area contributed by atoms with Crippen LogP contribution < -0.4 is 14.8 Å². The topological polar surface area (TPSA) is 124 Å². The molecule has 3 heterocycles. The number of fused-ring (bicyclic) bond motifs is 1. The van der Waals surface area contributed by atoms with E-state index in [1.165, 1.54) is 0 Å². The van der Waals surface area contributed by atoms with Crippen LogP contribution in [0.15, 0.2) is 72.0 Å². The van der Waals surface area contributed by atoms with Crippen molar-refractivity contribution in [2.24, 2.45) is 10.9 Å². The van der Waals surface area contributed by atoms with Crippen LogP contribution in [0, 0.1) is 5.92 Å². The molecular weight excluding hydrogens is 460 g/mol. The number of hydrogen-bond donors (Lipinski definition) is 2. The van der Waals surface area contributed by atoms with E-state index >= 15 is 0 Å². The number of aromatic nitrogens is 4. The Balaban J connectivity index is 1.59.